The van der Waals surface area contributed by atoms with Crippen molar-refractivity contribution in [2.75, 3.05) is 25.3 Å². The summed E-state index contributed by atoms with van der Waals surface area (Å²) in [4.78, 5) is 25.3. The van der Waals surface area contributed by atoms with Crippen LogP contribution in [0, 0.1) is 6.92 Å². The molecule has 0 aliphatic rings. The van der Waals surface area contributed by atoms with E-state index in [0.717, 1.165) is 16.8 Å². The number of ether oxygens (including phenoxy) is 2. The third-order valence-corrected chi connectivity index (χ3v) is 7.44. The zero-order valence-electron chi connectivity index (χ0n) is 20.3. The fraction of sp³-hybridized carbons (Fsp3) is 0.217. The minimum atomic E-state index is -0.351. The zero-order chi connectivity index (χ0) is 27.2. The number of thioether (sulfide) groups is 1. The van der Waals surface area contributed by atoms with Crippen molar-refractivity contribution < 1.29 is 19.1 Å². The number of amides is 2. The SMILES string of the molecule is COc1ccc(C(=O)NCc2nnc(SCC(=O)Nc3nnc(C)s3)n2-c2ccc(Cl)c(Cl)c2)cc1OC. The number of methoxy groups -OCH3 is 2. The molecule has 0 radical (unpaired) electrons. The molecule has 38 heavy (non-hydrogen) atoms. The number of rotatable bonds is 10. The summed E-state index contributed by atoms with van der Waals surface area (Å²) < 4.78 is 12.2. The normalized spacial score (nSPS) is 10.8. The molecule has 2 heterocycles. The predicted molar refractivity (Wildman–Crippen MR) is 146 cm³/mol. The minimum absolute atomic E-state index is 0.0378. The highest BCUT2D eigenvalue weighted by Crippen LogP contribution is 2.29. The molecule has 0 spiro atoms. The number of carbonyl (C=O) groups excluding carboxylic acids is 2. The van der Waals surface area contributed by atoms with E-state index in [1.165, 1.54) is 25.6 Å². The van der Waals surface area contributed by atoms with Crippen molar-refractivity contribution in [2.45, 2.75) is 18.6 Å². The molecule has 0 aliphatic heterocycles. The fourth-order valence-electron chi connectivity index (χ4n) is 3.26. The van der Waals surface area contributed by atoms with Crippen LogP contribution in [0.2, 0.25) is 10.0 Å². The Morgan fingerprint density at radius 2 is 1.79 bits per heavy atom. The summed E-state index contributed by atoms with van der Waals surface area (Å²) in [7, 11) is 3.01. The first-order valence-corrected chi connectivity index (χ1v) is 13.5. The summed E-state index contributed by atoms with van der Waals surface area (Å²) >= 11 is 14.8. The average molecular weight is 595 g/mol. The van der Waals surface area contributed by atoms with Crippen molar-refractivity contribution >= 4 is 63.2 Å². The minimum Gasteiger partial charge on any atom is -0.493 e. The molecule has 2 aromatic heterocycles. The second-order valence-corrected chi connectivity index (χ2v) is 10.5. The van der Waals surface area contributed by atoms with Gasteiger partial charge in [0.1, 0.15) is 5.01 Å². The van der Waals surface area contributed by atoms with Gasteiger partial charge in [-0.1, -0.05) is 46.3 Å². The van der Waals surface area contributed by atoms with Crippen LogP contribution < -0.4 is 20.1 Å². The Bertz CT molecular complexity index is 1480. The van der Waals surface area contributed by atoms with Crippen LogP contribution in [-0.2, 0) is 11.3 Å². The van der Waals surface area contributed by atoms with Crippen LogP contribution in [0.5, 0.6) is 11.5 Å². The Hall–Kier alpha value is -3.39. The molecular formula is C23H21Cl2N7O4S2. The summed E-state index contributed by atoms with van der Waals surface area (Å²) in [6, 6.07) is 9.89. The molecule has 4 aromatic rings. The van der Waals surface area contributed by atoms with Gasteiger partial charge in [-0.3, -0.25) is 19.5 Å². The van der Waals surface area contributed by atoms with Crippen molar-refractivity contribution in [2.24, 2.45) is 0 Å². The standard InChI is InChI=1S/C23H21Cl2N7O4S2/c1-12-28-30-22(38-12)27-20(33)11-37-23-31-29-19(32(23)14-5-6-15(24)16(25)9-14)10-26-21(34)13-4-7-17(35-2)18(8-13)36-3/h4-9H,10-11H2,1-3H3,(H,26,34)(H,27,30,33). The van der Waals surface area contributed by atoms with Crippen molar-refractivity contribution in [3.8, 4) is 17.2 Å². The highest BCUT2D eigenvalue weighted by Gasteiger charge is 2.19. The van der Waals surface area contributed by atoms with Gasteiger partial charge in [0.2, 0.25) is 11.0 Å². The Kier molecular flexibility index (Phi) is 9.05. The van der Waals surface area contributed by atoms with Gasteiger partial charge in [-0.05, 0) is 43.3 Å². The van der Waals surface area contributed by atoms with E-state index >= 15 is 0 Å². The lowest BCUT2D eigenvalue weighted by atomic mass is 10.2. The molecule has 0 fully saturated rings. The molecular weight excluding hydrogens is 573 g/mol. The number of aryl methyl sites for hydroxylation is 1. The molecule has 0 atom stereocenters. The Morgan fingerprint density at radius 1 is 1.00 bits per heavy atom. The largest absolute Gasteiger partial charge is 0.493 e. The van der Waals surface area contributed by atoms with E-state index in [1.807, 2.05) is 0 Å². The lowest BCUT2D eigenvalue weighted by molar-refractivity contribution is -0.113. The molecule has 4 rings (SSSR count). The molecule has 0 bridgehead atoms. The zero-order valence-corrected chi connectivity index (χ0v) is 23.5. The predicted octanol–water partition coefficient (Wildman–Crippen LogP) is 4.41. The van der Waals surface area contributed by atoms with E-state index in [4.69, 9.17) is 32.7 Å². The van der Waals surface area contributed by atoms with E-state index in [1.54, 1.807) is 47.9 Å². The van der Waals surface area contributed by atoms with E-state index < -0.39 is 0 Å². The number of benzene rings is 2. The van der Waals surface area contributed by atoms with Crippen LogP contribution in [0.15, 0.2) is 41.6 Å². The van der Waals surface area contributed by atoms with Gasteiger partial charge < -0.3 is 14.8 Å². The van der Waals surface area contributed by atoms with Gasteiger partial charge >= 0.3 is 0 Å². The molecule has 198 valence electrons. The maximum atomic E-state index is 12.9. The van der Waals surface area contributed by atoms with E-state index in [0.29, 0.717) is 48.9 Å². The lowest BCUT2D eigenvalue weighted by Crippen LogP contribution is -2.24. The Morgan fingerprint density at radius 3 is 2.47 bits per heavy atom. The first-order chi connectivity index (χ1) is 18.3. The summed E-state index contributed by atoms with van der Waals surface area (Å²) in [6.45, 7) is 1.84. The third kappa shape index (κ3) is 6.54. The van der Waals surface area contributed by atoms with E-state index in [9.17, 15) is 9.59 Å². The first kappa shape index (κ1) is 27.6. The maximum Gasteiger partial charge on any atom is 0.251 e. The van der Waals surface area contributed by atoms with Gasteiger partial charge in [0.15, 0.2) is 22.5 Å². The van der Waals surface area contributed by atoms with Crippen LogP contribution in [0.1, 0.15) is 21.2 Å². The number of aromatic nitrogens is 5. The smallest absolute Gasteiger partial charge is 0.251 e. The molecule has 15 heteroatoms. The van der Waals surface area contributed by atoms with Crippen molar-refractivity contribution in [3.63, 3.8) is 0 Å². The molecule has 2 N–H and O–H groups in total. The fourth-order valence-corrected chi connectivity index (χ4v) is 4.93. The number of hydrogen-bond donors (Lipinski definition) is 2. The molecule has 11 nitrogen and oxygen atoms in total. The van der Waals surface area contributed by atoms with Gasteiger partial charge in [-0.15, -0.1) is 20.4 Å². The van der Waals surface area contributed by atoms with Gasteiger partial charge in [-0.25, -0.2) is 0 Å². The number of anilines is 1. The van der Waals surface area contributed by atoms with Crippen LogP contribution in [0.3, 0.4) is 0 Å². The molecule has 0 aliphatic carbocycles. The van der Waals surface area contributed by atoms with Crippen LogP contribution in [-0.4, -0.2) is 56.7 Å². The first-order valence-electron chi connectivity index (χ1n) is 10.9. The number of nitrogens with one attached hydrogen (secondary N) is 2. The van der Waals surface area contributed by atoms with Crippen LogP contribution >= 0.6 is 46.3 Å². The van der Waals surface area contributed by atoms with E-state index in [2.05, 4.69) is 31.0 Å². The highest BCUT2D eigenvalue weighted by molar-refractivity contribution is 7.99. The summed E-state index contributed by atoms with van der Waals surface area (Å²) in [5.41, 5.74) is 0.990. The van der Waals surface area contributed by atoms with Gasteiger partial charge in [-0.2, -0.15) is 0 Å². The quantitative estimate of drug-likeness (QED) is 0.256. The van der Waals surface area contributed by atoms with Crippen molar-refractivity contribution in [1.29, 1.82) is 0 Å². The van der Waals surface area contributed by atoms with Crippen molar-refractivity contribution in [3.05, 3.63) is 62.8 Å². The molecule has 2 amide bonds. The Labute approximate surface area is 235 Å². The Balaban J connectivity index is 1.53. The summed E-state index contributed by atoms with van der Waals surface area (Å²) in [5.74, 6) is 0.763. The monoisotopic (exact) mass is 593 g/mol. The summed E-state index contributed by atoms with van der Waals surface area (Å²) in [6.07, 6.45) is 0. The number of nitrogens with zero attached hydrogens (tertiary/aromatic N) is 5. The van der Waals surface area contributed by atoms with Gasteiger partial charge in [0.25, 0.3) is 5.91 Å². The second-order valence-electron chi connectivity index (χ2n) is 7.55. The average Bonchev–Trinajstić information content (AvgIpc) is 3.52. The van der Waals surface area contributed by atoms with Gasteiger partial charge in [0, 0.05) is 5.56 Å². The van der Waals surface area contributed by atoms with Crippen molar-refractivity contribution in [1.82, 2.24) is 30.3 Å². The second kappa shape index (κ2) is 12.4. The molecule has 0 unspecified atom stereocenters. The lowest BCUT2D eigenvalue weighted by Gasteiger charge is -2.12. The molecule has 2 aromatic carbocycles. The molecule has 0 saturated heterocycles. The maximum absolute atomic E-state index is 12.9. The number of halogens is 2. The van der Waals surface area contributed by atoms with Crippen LogP contribution in [0.25, 0.3) is 5.69 Å². The third-order valence-electron chi connectivity index (χ3n) is 5.02. The highest BCUT2D eigenvalue weighted by atomic mass is 35.5. The van der Waals surface area contributed by atoms with Crippen LogP contribution in [0.4, 0.5) is 5.13 Å². The number of hydrogen-bond acceptors (Lipinski definition) is 10. The topological polar surface area (TPSA) is 133 Å². The van der Waals surface area contributed by atoms with E-state index in [-0.39, 0.29) is 24.1 Å². The summed E-state index contributed by atoms with van der Waals surface area (Å²) in [5, 5.41) is 24.1. The molecule has 0 saturated carbocycles. The van der Waals surface area contributed by atoms with Gasteiger partial charge in [0.05, 0.1) is 42.2 Å². The number of carbonyl (C=O) groups is 2.